The van der Waals surface area contributed by atoms with E-state index in [2.05, 4.69) is 72.9 Å². The molecule has 2 heteroatoms. The van der Waals surface area contributed by atoms with Crippen LogP contribution in [0.15, 0.2) is 84.9 Å². The zero-order chi connectivity index (χ0) is 16.1. The number of anilines is 1. The predicted octanol–water partition coefficient (Wildman–Crippen LogP) is 4.85. The first-order chi connectivity index (χ1) is 11.2. The molecule has 0 aromatic heterocycles. The molecular formula is C21H22N2. The summed E-state index contributed by atoms with van der Waals surface area (Å²) in [6, 6.07) is 28.9. The molecule has 0 aliphatic rings. The molecule has 0 aliphatic carbocycles. The van der Waals surface area contributed by atoms with Crippen molar-refractivity contribution in [3.8, 4) is 0 Å². The monoisotopic (exact) mass is 302 g/mol. The number of aryl methyl sites for hydroxylation is 1. The summed E-state index contributed by atoms with van der Waals surface area (Å²) in [4.78, 5) is 0. The van der Waals surface area contributed by atoms with Crippen molar-refractivity contribution < 1.29 is 0 Å². The van der Waals surface area contributed by atoms with E-state index in [-0.39, 0.29) is 12.1 Å². The first-order valence-electron chi connectivity index (χ1n) is 7.93. The van der Waals surface area contributed by atoms with Crippen LogP contribution in [-0.4, -0.2) is 0 Å². The summed E-state index contributed by atoms with van der Waals surface area (Å²) in [6.07, 6.45) is 0. The third-order valence-corrected chi connectivity index (χ3v) is 4.08. The van der Waals surface area contributed by atoms with Crippen molar-refractivity contribution in [1.82, 2.24) is 0 Å². The number of hydrogen-bond donors (Lipinski definition) is 2. The standard InChI is InChI=1S/C21H22N2/c1-16-12-14-19(15-13-16)23-21(18-10-6-3-7-11-18)20(22)17-8-4-2-5-9-17/h2-15,20-21,23H,22H2,1H3/t20-,21-/m0/s1. The summed E-state index contributed by atoms with van der Waals surface area (Å²) in [7, 11) is 0. The third kappa shape index (κ3) is 3.79. The lowest BCUT2D eigenvalue weighted by Gasteiger charge is -2.27. The highest BCUT2D eigenvalue weighted by molar-refractivity contribution is 5.48. The smallest absolute Gasteiger partial charge is 0.0706 e. The Balaban J connectivity index is 1.92. The number of hydrogen-bond acceptors (Lipinski definition) is 2. The van der Waals surface area contributed by atoms with E-state index in [1.807, 2.05) is 24.3 Å². The van der Waals surface area contributed by atoms with Crippen molar-refractivity contribution in [3.63, 3.8) is 0 Å². The molecule has 0 fully saturated rings. The number of rotatable bonds is 5. The molecule has 0 bridgehead atoms. The minimum Gasteiger partial charge on any atom is -0.376 e. The van der Waals surface area contributed by atoms with Crippen LogP contribution in [0.4, 0.5) is 5.69 Å². The average molecular weight is 302 g/mol. The molecule has 23 heavy (non-hydrogen) atoms. The van der Waals surface area contributed by atoms with Gasteiger partial charge in [-0.05, 0) is 30.2 Å². The summed E-state index contributed by atoms with van der Waals surface area (Å²) in [5.74, 6) is 0. The van der Waals surface area contributed by atoms with Gasteiger partial charge in [0.1, 0.15) is 0 Å². The van der Waals surface area contributed by atoms with E-state index in [9.17, 15) is 0 Å². The van der Waals surface area contributed by atoms with Crippen LogP contribution in [0.1, 0.15) is 28.8 Å². The topological polar surface area (TPSA) is 38.0 Å². The number of benzene rings is 3. The lowest BCUT2D eigenvalue weighted by atomic mass is 9.94. The predicted molar refractivity (Wildman–Crippen MR) is 97.4 cm³/mol. The van der Waals surface area contributed by atoms with Gasteiger partial charge in [0.05, 0.1) is 12.1 Å². The van der Waals surface area contributed by atoms with Crippen LogP contribution in [0.25, 0.3) is 0 Å². The van der Waals surface area contributed by atoms with E-state index in [4.69, 9.17) is 5.73 Å². The molecular weight excluding hydrogens is 280 g/mol. The molecule has 0 aliphatic heterocycles. The van der Waals surface area contributed by atoms with E-state index in [0.717, 1.165) is 11.3 Å². The quantitative estimate of drug-likeness (QED) is 0.707. The van der Waals surface area contributed by atoms with E-state index >= 15 is 0 Å². The van der Waals surface area contributed by atoms with Crippen molar-refractivity contribution in [2.24, 2.45) is 5.73 Å². The van der Waals surface area contributed by atoms with Crippen LogP contribution in [0, 0.1) is 6.92 Å². The minimum atomic E-state index is -0.125. The zero-order valence-electron chi connectivity index (χ0n) is 13.3. The molecule has 0 saturated carbocycles. The molecule has 0 amide bonds. The highest BCUT2D eigenvalue weighted by Crippen LogP contribution is 2.30. The molecule has 3 rings (SSSR count). The van der Waals surface area contributed by atoms with Crippen LogP contribution >= 0.6 is 0 Å². The Morgan fingerprint density at radius 3 is 1.78 bits per heavy atom. The molecule has 0 radical (unpaired) electrons. The maximum atomic E-state index is 6.59. The molecule has 116 valence electrons. The van der Waals surface area contributed by atoms with E-state index < -0.39 is 0 Å². The van der Waals surface area contributed by atoms with E-state index in [1.165, 1.54) is 11.1 Å². The Morgan fingerprint density at radius 1 is 0.696 bits per heavy atom. The molecule has 3 N–H and O–H groups in total. The van der Waals surface area contributed by atoms with Crippen molar-refractivity contribution in [2.45, 2.75) is 19.0 Å². The van der Waals surface area contributed by atoms with Crippen LogP contribution in [-0.2, 0) is 0 Å². The second kappa shape index (κ2) is 7.12. The maximum absolute atomic E-state index is 6.59. The summed E-state index contributed by atoms with van der Waals surface area (Å²) in [5.41, 5.74) is 11.2. The summed E-state index contributed by atoms with van der Waals surface area (Å²) in [6.45, 7) is 2.09. The van der Waals surface area contributed by atoms with E-state index in [1.54, 1.807) is 0 Å². The SMILES string of the molecule is Cc1ccc(N[C@@H](c2ccccc2)[C@@H](N)c2ccccc2)cc1. The van der Waals surface area contributed by atoms with Gasteiger partial charge in [0.2, 0.25) is 0 Å². The Morgan fingerprint density at radius 2 is 1.22 bits per heavy atom. The van der Waals surface area contributed by atoms with Crippen LogP contribution < -0.4 is 11.1 Å². The molecule has 0 spiro atoms. The molecule has 2 nitrogen and oxygen atoms in total. The molecule has 3 aromatic rings. The Hall–Kier alpha value is -2.58. The van der Waals surface area contributed by atoms with Crippen LogP contribution in [0.5, 0.6) is 0 Å². The molecule has 0 saturated heterocycles. The molecule has 0 unspecified atom stereocenters. The van der Waals surface area contributed by atoms with Gasteiger partial charge in [-0.1, -0.05) is 78.4 Å². The van der Waals surface area contributed by atoms with Crippen molar-refractivity contribution in [1.29, 1.82) is 0 Å². The highest BCUT2D eigenvalue weighted by Gasteiger charge is 2.21. The van der Waals surface area contributed by atoms with E-state index in [0.29, 0.717) is 0 Å². The molecule has 2 atom stereocenters. The average Bonchev–Trinajstić information content (AvgIpc) is 2.62. The van der Waals surface area contributed by atoms with Gasteiger partial charge >= 0.3 is 0 Å². The maximum Gasteiger partial charge on any atom is 0.0706 e. The van der Waals surface area contributed by atoms with Crippen molar-refractivity contribution >= 4 is 5.69 Å². The summed E-state index contributed by atoms with van der Waals surface area (Å²) >= 11 is 0. The fourth-order valence-electron chi connectivity index (χ4n) is 2.74. The van der Waals surface area contributed by atoms with Crippen molar-refractivity contribution in [2.75, 3.05) is 5.32 Å². The molecule has 3 aromatic carbocycles. The van der Waals surface area contributed by atoms with Crippen LogP contribution in [0.3, 0.4) is 0 Å². The summed E-state index contributed by atoms with van der Waals surface area (Å²) < 4.78 is 0. The first kappa shape index (κ1) is 15.3. The fourth-order valence-corrected chi connectivity index (χ4v) is 2.74. The van der Waals surface area contributed by atoms with Gasteiger partial charge in [0.15, 0.2) is 0 Å². The van der Waals surface area contributed by atoms with Gasteiger partial charge < -0.3 is 11.1 Å². The normalized spacial score (nSPS) is 13.3. The lowest BCUT2D eigenvalue weighted by Crippen LogP contribution is -2.26. The fraction of sp³-hybridized carbons (Fsp3) is 0.143. The highest BCUT2D eigenvalue weighted by atomic mass is 15.0. The van der Waals surface area contributed by atoms with Gasteiger partial charge in [0, 0.05) is 5.69 Å². The van der Waals surface area contributed by atoms with Crippen LogP contribution in [0.2, 0.25) is 0 Å². The van der Waals surface area contributed by atoms with Gasteiger partial charge in [-0.2, -0.15) is 0 Å². The van der Waals surface area contributed by atoms with Gasteiger partial charge in [0.25, 0.3) is 0 Å². The number of nitrogens with two attached hydrogens (primary N) is 1. The van der Waals surface area contributed by atoms with Gasteiger partial charge in [-0.25, -0.2) is 0 Å². The van der Waals surface area contributed by atoms with Gasteiger partial charge in [-0.15, -0.1) is 0 Å². The number of nitrogens with one attached hydrogen (secondary N) is 1. The third-order valence-electron chi connectivity index (χ3n) is 4.08. The zero-order valence-corrected chi connectivity index (χ0v) is 13.3. The Labute approximate surface area is 138 Å². The second-order valence-electron chi connectivity index (χ2n) is 5.84. The summed E-state index contributed by atoms with van der Waals surface area (Å²) in [5, 5.41) is 3.60. The minimum absolute atomic E-state index is 0.0151. The van der Waals surface area contributed by atoms with Gasteiger partial charge in [-0.3, -0.25) is 0 Å². The Bertz CT molecular complexity index is 721. The Kier molecular flexibility index (Phi) is 4.74. The lowest BCUT2D eigenvalue weighted by molar-refractivity contribution is 0.610. The molecule has 0 heterocycles. The first-order valence-corrected chi connectivity index (χ1v) is 7.93. The largest absolute Gasteiger partial charge is 0.376 e. The second-order valence-corrected chi connectivity index (χ2v) is 5.84. The van der Waals surface area contributed by atoms with Crippen molar-refractivity contribution in [3.05, 3.63) is 102 Å².